The zero-order valence-corrected chi connectivity index (χ0v) is 16.8. The Hall–Kier alpha value is -1.49. The van der Waals surface area contributed by atoms with Crippen molar-refractivity contribution in [1.29, 1.82) is 0 Å². The van der Waals surface area contributed by atoms with Gasteiger partial charge in [-0.3, -0.25) is 4.79 Å². The van der Waals surface area contributed by atoms with Crippen LogP contribution in [0.5, 0.6) is 0 Å². The highest BCUT2D eigenvalue weighted by atomic mass is 35.5. The molecule has 0 aliphatic rings. The first-order chi connectivity index (χ1) is 12.7. The highest BCUT2D eigenvalue weighted by molar-refractivity contribution is 7.99. The zero-order valence-electron chi connectivity index (χ0n) is 15.3. The number of unbranched alkanes of at least 4 members (excludes halogenated alkanes) is 2. The molecule has 0 heterocycles. The van der Waals surface area contributed by atoms with Crippen LogP contribution in [-0.2, 0) is 11.2 Å². The van der Waals surface area contributed by atoms with Crippen molar-refractivity contribution >= 4 is 29.3 Å². The lowest BCUT2D eigenvalue weighted by molar-refractivity contribution is -0.121. The SMILES string of the molecule is CNCCCCCNC(=O)CCc1ccccc1Sc1ccc(Cl)cc1. The summed E-state index contributed by atoms with van der Waals surface area (Å²) in [6.07, 6.45) is 4.61. The Morgan fingerprint density at radius 2 is 1.73 bits per heavy atom. The van der Waals surface area contributed by atoms with Gasteiger partial charge in [0.2, 0.25) is 5.91 Å². The summed E-state index contributed by atoms with van der Waals surface area (Å²) in [7, 11) is 1.96. The van der Waals surface area contributed by atoms with E-state index >= 15 is 0 Å². The molecule has 0 aliphatic carbocycles. The predicted molar refractivity (Wildman–Crippen MR) is 111 cm³/mol. The van der Waals surface area contributed by atoms with Crippen LogP contribution in [0.1, 0.15) is 31.2 Å². The zero-order chi connectivity index (χ0) is 18.6. The third kappa shape index (κ3) is 7.81. The molecule has 0 bridgehead atoms. The van der Waals surface area contributed by atoms with Crippen molar-refractivity contribution in [3.63, 3.8) is 0 Å². The number of hydrogen-bond donors (Lipinski definition) is 2. The molecule has 0 spiro atoms. The summed E-state index contributed by atoms with van der Waals surface area (Å²) in [5, 5.41) is 6.90. The summed E-state index contributed by atoms with van der Waals surface area (Å²) in [4.78, 5) is 14.4. The van der Waals surface area contributed by atoms with Gasteiger partial charge in [0.25, 0.3) is 0 Å². The number of carbonyl (C=O) groups excluding carboxylic acids is 1. The third-order valence-corrected chi connectivity index (χ3v) is 5.44. The molecule has 26 heavy (non-hydrogen) atoms. The second-order valence-corrected chi connectivity index (χ2v) is 7.73. The lowest BCUT2D eigenvalue weighted by Gasteiger charge is -2.10. The van der Waals surface area contributed by atoms with Crippen LogP contribution in [0.25, 0.3) is 0 Å². The molecule has 2 N–H and O–H groups in total. The molecule has 140 valence electrons. The topological polar surface area (TPSA) is 41.1 Å². The van der Waals surface area contributed by atoms with Gasteiger partial charge >= 0.3 is 0 Å². The van der Waals surface area contributed by atoms with E-state index in [9.17, 15) is 4.79 Å². The van der Waals surface area contributed by atoms with E-state index in [0.29, 0.717) is 6.42 Å². The van der Waals surface area contributed by atoms with Gasteiger partial charge in [-0.25, -0.2) is 0 Å². The van der Waals surface area contributed by atoms with Crippen molar-refractivity contribution in [2.24, 2.45) is 0 Å². The van der Waals surface area contributed by atoms with Crippen molar-refractivity contribution in [2.45, 2.75) is 41.9 Å². The second kappa shape index (κ2) is 12.0. The van der Waals surface area contributed by atoms with E-state index in [1.54, 1.807) is 11.8 Å². The van der Waals surface area contributed by atoms with Gasteiger partial charge in [0, 0.05) is 27.8 Å². The number of hydrogen-bond acceptors (Lipinski definition) is 3. The summed E-state index contributed by atoms with van der Waals surface area (Å²) < 4.78 is 0. The van der Waals surface area contributed by atoms with E-state index in [-0.39, 0.29) is 5.91 Å². The molecular formula is C21H27ClN2OS. The van der Waals surface area contributed by atoms with Gasteiger partial charge in [-0.2, -0.15) is 0 Å². The van der Waals surface area contributed by atoms with Crippen LogP contribution in [-0.4, -0.2) is 26.0 Å². The number of carbonyl (C=O) groups is 1. The number of halogens is 1. The fourth-order valence-electron chi connectivity index (χ4n) is 2.61. The molecule has 2 aromatic rings. The summed E-state index contributed by atoms with van der Waals surface area (Å²) >= 11 is 7.66. The normalized spacial score (nSPS) is 10.7. The minimum atomic E-state index is 0.130. The lowest BCUT2D eigenvalue weighted by atomic mass is 10.1. The highest BCUT2D eigenvalue weighted by Gasteiger charge is 2.07. The number of benzene rings is 2. The third-order valence-electron chi connectivity index (χ3n) is 4.06. The van der Waals surface area contributed by atoms with Gasteiger partial charge in [0.05, 0.1) is 0 Å². The molecule has 2 rings (SSSR count). The van der Waals surface area contributed by atoms with E-state index < -0.39 is 0 Å². The molecule has 0 saturated heterocycles. The van der Waals surface area contributed by atoms with Gasteiger partial charge in [0.15, 0.2) is 0 Å². The van der Waals surface area contributed by atoms with Gasteiger partial charge in [-0.15, -0.1) is 0 Å². The van der Waals surface area contributed by atoms with E-state index in [1.807, 2.05) is 43.4 Å². The minimum absolute atomic E-state index is 0.130. The summed E-state index contributed by atoms with van der Waals surface area (Å²) in [6, 6.07) is 16.1. The molecule has 0 fully saturated rings. The van der Waals surface area contributed by atoms with Gasteiger partial charge in [-0.05, 0) is 68.8 Å². The molecule has 0 aromatic heterocycles. The van der Waals surface area contributed by atoms with Crippen LogP contribution in [0.2, 0.25) is 5.02 Å². The minimum Gasteiger partial charge on any atom is -0.356 e. The molecule has 5 heteroatoms. The first-order valence-electron chi connectivity index (χ1n) is 9.11. The summed E-state index contributed by atoms with van der Waals surface area (Å²) in [6.45, 7) is 1.81. The van der Waals surface area contributed by atoms with Crippen LogP contribution in [0.3, 0.4) is 0 Å². The highest BCUT2D eigenvalue weighted by Crippen LogP contribution is 2.31. The molecular weight excluding hydrogens is 364 g/mol. The molecule has 0 aliphatic heterocycles. The fourth-order valence-corrected chi connectivity index (χ4v) is 3.71. The average molecular weight is 391 g/mol. The maximum absolute atomic E-state index is 12.1. The number of amides is 1. The van der Waals surface area contributed by atoms with Crippen LogP contribution >= 0.6 is 23.4 Å². The van der Waals surface area contributed by atoms with Gasteiger partial charge in [0.1, 0.15) is 0 Å². The Labute approximate surface area is 165 Å². The first-order valence-corrected chi connectivity index (χ1v) is 10.3. The van der Waals surface area contributed by atoms with Crippen molar-refractivity contribution < 1.29 is 4.79 Å². The molecule has 1 amide bonds. The van der Waals surface area contributed by atoms with E-state index in [2.05, 4.69) is 22.8 Å². The Kier molecular flexibility index (Phi) is 9.61. The molecule has 0 unspecified atom stereocenters. The number of rotatable bonds is 11. The maximum Gasteiger partial charge on any atom is 0.220 e. The van der Waals surface area contributed by atoms with E-state index in [0.717, 1.165) is 48.7 Å². The smallest absolute Gasteiger partial charge is 0.220 e. The second-order valence-electron chi connectivity index (χ2n) is 6.18. The lowest BCUT2D eigenvalue weighted by Crippen LogP contribution is -2.24. The molecule has 0 atom stereocenters. The van der Waals surface area contributed by atoms with Crippen LogP contribution in [0.15, 0.2) is 58.3 Å². The maximum atomic E-state index is 12.1. The van der Waals surface area contributed by atoms with Crippen molar-refractivity contribution in [3.8, 4) is 0 Å². The summed E-state index contributed by atoms with van der Waals surface area (Å²) in [5.74, 6) is 0.130. The number of nitrogens with one attached hydrogen (secondary N) is 2. The summed E-state index contributed by atoms with van der Waals surface area (Å²) in [5.41, 5.74) is 1.21. The Balaban J connectivity index is 1.78. The van der Waals surface area contributed by atoms with Gasteiger partial charge < -0.3 is 10.6 Å². The average Bonchev–Trinajstić information content (AvgIpc) is 2.65. The van der Waals surface area contributed by atoms with E-state index in [4.69, 9.17) is 11.6 Å². The standard InChI is InChI=1S/C21H27ClN2OS/c1-23-15-5-2-6-16-24-21(25)14-9-17-7-3-4-8-20(17)26-19-12-10-18(22)11-13-19/h3-4,7-8,10-13,23H,2,5-6,9,14-16H2,1H3,(H,24,25). The molecule has 0 radical (unpaired) electrons. The molecule has 3 nitrogen and oxygen atoms in total. The van der Waals surface area contributed by atoms with Crippen LogP contribution in [0, 0.1) is 0 Å². The first kappa shape index (κ1) is 20.8. The van der Waals surface area contributed by atoms with Crippen molar-refractivity contribution in [1.82, 2.24) is 10.6 Å². The van der Waals surface area contributed by atoms with Crippen molar-refractivity contribution in [2.75, 3.05) is 20.1 Å². The van der Waals surface area contributed by atoms with Crippen LogP contribution in [0.4, 0.5) is 0 Å². The quantitative estimate of drug-likeness (QED) is 0.534. The molecule has 0 saturated carbocycles. The molecule has 2 aromatic carbocycles. The van der Waals surface area contributed by atoms with Gasteiger partial charge in [-0.1, -0.05) is 48.0 Å². The Morgan fingerprint density at radius 3 is 2.50 bits per heavy atom. The van der Waals surface area contributed by atoms with E-state index in [1.165, 1.54) is 10.5 Å². The predicted octanol–water partition coefficient (Wildman–Crippen LogP) is 4.93. The van der Waals surface area contributed by atoms with Crippen LogP contribution < -0.4 is 10.6 Å². The Bertz CT molecular complexity index is 676. The Morgan fingerprint density at radius 1 is 1.00 bits per heavy atom. The largest absolute Gasteiger partial charge is 0.356 e. The fraction of sp³-hybridized carbons (Fsp3) is 0.381. The monoisotopic (exact) mass is 390 g/mol. The van der Waals surface area contributed by atoms with Crippen molar-refractivity contribution in [3.05, 3.63) is 59.1 Å². The number of aryl methyl sites for hydroxylation is 1.